The molecule has 0 aromatic carbocycles. The van der Waals surface area contributed by atoms with Crippen molar-refractivity contribution in [1.82, 2.24) is 9.47 Å². The smallest absolute Gasteiger partial charge is 0.178 e. The van der Waals surface area contributed by atoms with E-state index in [1.165, 1.54) is 0 Å². The zero-order valence-electron chi connectivity index (χ0n) is 9.16. The van der Waals surface area contributed by atoms with Gasteiger partial charge in [-0.25, -0.2) is 0 Å². The fraction of sp³-hybridized carbons (Fsp3) is 0.545. The van der Waals surface area contributed by atoms with E-state index in [0.717, 1.165) is 18.7 Å². The summed E-state index contributed by atoms with van der Waals surface area (Å²) in [5.74, 6) is 0.203. The average Bonchev–Trinajstić information content (AvgIpc) is 2.61. The SMILES string of the molecule is CCN(CC)CC(=O)c1ccn(C)c1. The van der Waals surface area contributed by atoms with Crippen molar-refractivity contribution in [2.45, 2.75) is 13.8 Å². The zero-order valence-corrected chi connectivity index (χ0v) is 9.16. The van der Waals surface area contributed by atoms with Crippen molar-refractivity contribution in [2.75, 3.05) is 19.6 Å². The summed E-state index contributed by atoms with van der Waals surface area (Å²) < 4.78 is 1.90. The molecule has 0 spiro atoms. The number of carbonyl (C=O) groups excluding carboxylic acids is 1. The van der Waals surface area contributed by atoms with Gasteiger partial charge in [-0.1, -0.05) is 13.8 Å². The molecule has 1 heterocycles. The second-order valence-electron chi connectivity index (χ2n) is 3.45. The number of aryl methyl sites for hydroxylation is 1. The molecule has 1 aromatic heterocycles. The molecule has 0 saturated carbocycles. The van der Waals surface area contributed by atoms with Gasteiger partial charge in [-0.3, -0.25) is 9.69 Å². The summed E-state index contributed by atoms with van der Waals surface area (Å²) in [7, 11) is 1.92. The van der Waals surface area contributed by atoms with Crippen molar-refractivity contribution in [1.29, 1.82) is 0 Å². The highest BCUT2D eigenvalue weighted by Gasteiger charge is 2.10. The first kappa shape index (κ1) is 11.0. The number of likely N-dealkylation sites (N-methyl/N-ethyl adjacent to an activating group) is 1. The molecule has 0 saturated heterocycles. The molecule has 0 amide bonds. The van der Waals surface area contributed by atoms with E-state index in [1.807, 2.05) is 30.1 Å². The number of nitrogens with zero attached hydrogens (tertiary/aromatic N) is 2. The molecule has 0 radical (unpaired) electrons. The molecule has 0 bridgehead atoms. The van der Waals surface area contributed by atoms with Crippen LogP contribution < -0.4 is 0 Å². The Labute approximate surface area is 85.3 Å². The van der Waals surface area contributed by atoms with Crippen molar-refractivity contribution < 1.29 is 4.79 Å². The highest BCUT2D eigenvalue weighted by molar-refractivity contribution is 5.97. The Balaban J connectivity index is 2.58. The third-order valence-electron chi connectivity index (χ3n) is 2.42. The molecular formula is C11H18N2O. The number of Topliss-reactive ketones (excluding diaryl/α,β-unsaturated/α-hetero) is 1. The lowest BCUT2D eigenvalue weighted by Gasteiger charge is -2.16. The minimum atomic E-state index is 0.203. The lowest BCUT2D eigenvalue weighted by molar-refractivity contribution is 0.0937. The lowest BCUT2D eigenvalue weighted by Crippen LogP contribution is -2.29. The van der Waals surface area contributed by atoms with Gasteiger partial charge in [0.15, 0.2) is 5.78 Å². The van der Waals surface area contributed by atoms with Crippen LogP contribution in [-0.2, 0) is 7.05 Å². The molecule has 0 fully saturated rings. The number of aromatic nitrogens is 1. The van der Waals surface area contributed by atoms with E-state index in [-0.39, 0.29) is 5.78 Å². The molecule has 14 heavy (non-hydrogen) atoms. The Kier molecular flexibility index (Phi) is 3.89. The van der Waals surface area contributed by atoms with Gasteiger partial charge in [0.2, 0.25) is 0 Å². The molecule has 1 aromatic rings. The second-order valence-corrected chi connectivity index (χ2v) is 3.45. The summed E-state index contributed by atoms with van der Waals surface area (Å²) in [6.45, 7) is 6.52. The average molecular weight is 194 g/mol. The van der Waals surface area contributed by atoms with Gasteiger partial charge in [-0.15, -0.1) is 0 Å². The lowest BCUT2D eigenvalue weighted by atomic mass is 10.2. The van der Waals surface area contributed by atoms with E-state index in [2.05, 4.69) is 18.7 Å². The summed E-state index contributed by atoms with van der Waals surface area (Å²) in [5, 5.41) is 0. The fourth-order valence-corrected chi connectivity index (χ4v) is 1.41. The van der Waals surface area contributed by atoms with Crippen LogP contribution in [0.2, 0.25) is 0 Å². The van der Waals surface area contributed by atoms with Crippen molar-refractivity contribution >= 4 is 5.78 Å². The van der Waals surface area contributed by atoms with Crippen LogP contribution >= 0.6 is 0 Å². The maximum absolute atomic E-state index is 11.7. The van der Waals surface area contributed by atoms with Gasteiger partial charge in [-0.05, 0) is 19.2 Å². The number of carbonyl (C=O) groups is 1. The Morgan fingerprint density at radius 2 is 2.07 bits per heavy atom. The van der Waals surface area contributed by atoms with Gasteiger partial charge in [0.05, 0.1) is 6.54 Å². The summed E-state index contributed by atoms with van der Waals surface area (Å²) in [4.78, 5) is 13.9. The van der Waals surface area contributed by atoms with E-state index >= 15 is 0 Å². The molecule has 0 N–H and O–H groups in total. The molecule has 78 valence electrons. The third kappa shape index (κ3) is 2.70. The monoisotopic (exact) mass is 194 g/mol. The van der Waals surface area contributed by atoms with Crippen LogP contribution in [0.3, 0.4) is 0 Å². The van der Waals surface area contributed by atoms with Crippen LogP contribution in [0, 0.1) is 0 Å². The van der Waals surface area contributed by atoms with Gasteiger partial charge in [0, 0.05) is 25.0 Å². The Hall–Kier alpha value is -1.09. The van der Waals surface area contributed by atoms with Crippen molar-refractivity contribution in [2.24, 2.45) is 7.05 Å². The minimum absolute atomic E-state index is 0.203. The molecule has 0 unspecified atom stereocenters. The first-order chi connectivity index (χ1) is 6.67. The maximum atomic E-state index is 11.7. The van der Waals surface area contributed by atoms with E-state index in [1.54, 1.807) is 0 Å². The third-order valence-corrected chi connectivity index (χ3v) is 2.42. The first-order valence-corrected chi connectivity index (χ1v) is 5.04. The largest absolute Gasteiger partial charge is 0.357 e. The van der Waals surface area contributed by atoms with Gasteiger partial charge in [0.25, 0.3) is 0 Å². The fourth-order valence-electron chi connectivity index (χ4n) is 1.41. The highest BCUT2D eigenvalue weighted by Crippen LogP contribution is 2.02. The normalized spacial score (nSPS) is 10.9. The standard InChI is InChI=1S/C11H18N2O/c1-4-13(5-2)9-11(14)10-6-7-12(3)8-10/h6-8H,4-5,9H2,1-3H3. The summed E-state index contributed by atoms with van der Waals surface area (Å²) in [6.07, 6.45) is 3.77. The van der Waals surface area contributed by atoms with E-state index < -0.39 is 0 Å². The highest BCUT2D eigenvalue weighted by atomic mass is 16.1. The van der Waals surface area contributed by atoms with E-state index in [9.17, 15) is 4.79 Å². The molecule has 0 aliphatic heterocycles. The van der Waals surface area contributed by atoms with Gasteiger partial charge in [-0.2, -0.15) is 0 Å². The van der Waals surface area contributed by atoms with Gasteiger partial charge < -0.3 is 4.57 Å². The van der Waals surface area contributed by atoms with Gasteiger partial charge >= 0.3 is 0 Å². The number of ketones is 1. The van der Waals surface area contributed by atoms with E-state index in [4.69, 9.17) is 0 Å². The molecule has 0 aliphatic rings. The van der Waals surface area contributed by atoms with Crippen LogP contribution in [0.25, 0.3) is 0 Å². The van der Waals surface area contributed by atoms with Crippen LogP contribution in [0.15, 0.2) is 18.5 Å². The predicted molar refractivity (Wildman–Crippen MR) is 57.5 cm³/mol. The number of hydrogen-bond acceptors (Lipinski definition) is 2. The number of rotatable bonds is 5. The molecule has 0 atom stereocenters. The second kappa shape index (κ2) is 4.96. The quantitative estimate of drug-likeness (QED) is 0.664. The van der Waals surface area contributed by atoms with Crippen molar-refractivity contribution in [3.05, 3.63) is 24.0 Å². The molecule has 3 heteroatoms. The number of hydrogen-bond donors (Lipinski definition) is 0. The van der Waals surface area contributed by atoms with Crippen LogP contribution in [0.5, 0.6) is 0 Å². The summed E-state index contributed by atoms with van der Waals surface area (Å²) in [5.41, 5.74) is 0.805. The summed E-state index contributed by atoms with van der Waals surface area (Å²) in [6, 6.07) is 1.87. The molecule has 1 rings (SSSR count). The Morgan fingerprint density at radius 3 is 2.50 bits per heavy atom. The minimum Gasteiger partial charge on any atom is -0.357 e. The van der Waals surface area contributed by atoms with Crippen LogP contribution in [0.4, 0.5) is 0 Å². The van der Waals surface area contributed by atoms with Gasteiger partial charge in [0.1, 0.15) is 0 Å². The van der Waals surface area contributed by atoms with E-state index in [0.29, 0.717) is 6.54 Å². The molecule has 0 aliphatic carbocycles. The predicted octanol–water partition coefficient (Wildman–Crippen LogP) is 1.55. The summed E-state index contributed by atoms with van der Waals surface area (Å²) >= 11 is 0. The zero-order chi connectivity index (χ0) is 10.6. The van der Waals surface area contributed by atoms with Crippen molar-refractivity contribution in [3.63, 3.8) is 0 Å². The van der Waals surface area contributed by atoms with Crippen LogP contribution in [0.1, 0.15) is 24.2 Å². The first-order valence-electron chi connectivity index (χ1n) is 5.04. The molecular weight excluding hydrogens is 176 g/mol. The topological polar surface area (TPSA) is 25.2 Å². The Morgan fingerprint density at radius 1 is 1.43 bits per heavy atom. The maximum Gasteiger partial charge on any atom is 0.178 e. The van der Waals surface area contributed by atoms with Crippen molar-refractivity contribution in [3.8, 4) is 0 Å². The Bertz CT molecular complexity index is 300. The van der Waals surface area contributed by atoms with Crippen LogP contribution in [-0.4, -0.2) is 34.9 Å². The molecule has 3 nitrogen and oxygen atoms in total.